The molecule has 1 aromatic carbocycles. The van der Waals surface area contributed by atoms with E-state index in [0.29, 0.717) is 29.0 Å². The molecule has 0 radical (unpaired) electrons. The third-order valence-corrected chi connectivity index (χ3v) is 3.06. The highest BCUT2D eigenvalue weighted by atomic mass is 16.5. The van der Waals surface area contributed by atoms with E-state index in [-0.39, 0.29) is 0 Å². The van der Waals surface area contributed by atoms with Gasteiger partial charge in [0.2, 0.25) is 5.82 Å². The summed E-state index contributed by atoms with van der Waals surface area (Å²) in [4.78, 5) is 8.44. The van der Waals surface area contributed by atoms with Gasteiger partial charge in [-0.15, -0.1) is 0 Å². The first-order chi connectivity index (χ1) is 10.3. The van der Waals surface area contributed by atoms with Crippen LogP contribution in [0.3, 0.4) is 0 Å². The molecule has 102 valence electrons. The molecule has 0 atom stereocenters. The van der Waals surface area contributed by atoms with E-state index in [1.807, 2.05) is 30.3 Å². The van der Waals surface area contributed by atoms with Gasteiger partial charge >= 0.3 is 0 Å². The number of nitrogens with two attached hydrogens (primary N) is 1. The van der Waals surface area contributed by atoms with Crippen LogP contribution in [-0.4, -0.2) is 15.1 Å². The molecule has 0 bridgehead atoms. The second kappa shape index (κ2) is 4.45. The van der Waals surface area contributed by atoms with E-state index in [1.165, 1.54) is 0 Å². The summed E-state index contributed by atoms with van der Waals surface area (Å²) in [5.41, 5.74) is 6.96. The van der Waals surface area contributed by atoms with Crippen molar-refractivity contribution in [3.05, 3.63) is 48.5 Å². The molecule has 4 rings (SSSR count). The van der Waals surface area contributed by atoms with Gasteiger partial charge in [-0.2, -0.15) is 4.98 Å². The molecule has 0 aliphatic rings. The van der Waals surface area contributed by atoms with Crippen LogP contribution in [0.4, 0.5) is 5.82 Å². The van der Waals surface area contributed by atoms with E-state index < -0.39 is 0 Å². The Kier molecular flexibility index (Phi) is 2.47. The number of nitrogen functional groups attached to an aromatic ring is 1. The summed E-state index contributed by atoms with van der Waals surface area (Å²) >= 11 is 0. The first-order valence-corrected chi connectivity index (χ1v) is 6.35. The van der Waals surface area contributed by atoms with Crippen LogP contribution in [0.2, 0.25) is 0 Å². The average Bonchev–Trinajstić information content (AvgIpc) is 3.14. The van der Waals surface area contributed by atoms with Crippen molar-refractivity contribution in [1.82, 2.24) is 15.1 Å². The number of hydrogen-bond acceptors (Lipinski definition) is 6. The largest absolute Gasteiger partial charge is 0.453 e. The van der Waals surface area contributed by atoms with Crippen LogP contribution in [0.1, 0.15) is 0 Å². The molecular formula is C15H10N4O2. The standard InChI is InChI=1S/C15H10N4O2/c16-13-7-3-5-10(17-13)15-18-14(19-21-15)12-8-9-4-1-2-6-11(9)20-12/h1-8H,(H2,16,17). The molecule has 0 aliphatic carbocycles. The summed E-state index contributed by atoms with van der Waals surface area (Å²) in [7, 11) is 0. The van der Waals surface area contributed by atoms with Gasteiger partial charge in [0.25, 0.3) is 5.89 Å². The summed E-state index contributed by atoms with van der Waals surface area (Å²) in [5.74, 6) is 1.63. The zero-order chi connectivity index (χ0) is 14.2. The maximum absolute atomic E-state index is 5.70. The van der Waals surface area contributed by atoms with Crippen LogP contribution in [0.5, 0.6) is 0 Å². The van der Waals surface area contributed by atoms with Crippen molar-refractivity contribution < 1.29 is 8.94 Å². The smallest absolute Gasteiger partial charge is 0.277 e. The lowest BCUT2D eigenvalue weighted by atomic mass is 10.2. The van der Waals surface area contributed by atoms with E-state index in [0.717, 1.165) is 11.0 Å². The van der Waals surface area contributed by atoms with Gasteiger partial charge in [0.05, 0.1) is 0 Å². The van der Waals surface area contributed by atoms with Crippen molar-refractivity contribution >= 4 is 16.8 Å². The maximum atomic E-state index is 5.70. The predicted molar refractivity (Wildman–Crippen MR) is 77.1 cm³/mol. The highest BCUT2D eigenvalue weighted by Crippen LogP contribution is 2.27. The Hall–Kier alpha value is -3.15. The van der Waals surface area contributed by atoms with Crippen molar-refractivity contribution in [3.8, 4) is 23.2 Å². The molecule has 0 saturated carbocycles. The second-order valence-corrected chi connectivity index (χ2v) is 4.52. The number of rotatable bonds is 2. The molecule has 21 heavy (non-hydrogen) atoms. The number of para-hydroxylation sites is 1. The first-order valence-electron chi connectivity index (χ1n) is 6.35. The first kappa shape index (κ1) is 11.7. The van der Waals surface area contributed by atoms with Gasteiger partial charge in [0.1, 0.15) is 17.1 Å². The van der Waals surface area contributed by atoms with Gasteiger partial charge in [-0.05, 0) is 24.3 Å². The molecule has 0 amide bonds. The molecule has 0 fully saturated rings. The summed E-state index contributed by atoms with van der Waals surface area (Å²) in [6.07, 6.45) is 0. The number of hydrogen-bond donors (Lipinski definition) is 1. The third kappa shape index (κ3) is 2.02. The molecule has 0 saturated heterocycles. The fourth-order valence-corrected chi connectivity index (χ4v) is 2.09. The van der Waals surface area contributed by atoms with E-state index in [9.17, 15) is 0 Å². The summed E-state index contributed by atoms with van der Waals surface area (Å²) < 4.78 is 10.9. The Balaban J connectivity index is 1.77. The number of aromatic nitrogens is 3. The van der Waals surface area contributed by atoms with Crippen molar-refractivity contribution in [2.45, 2.75) is 0 Å². The SMILES string of the molecule is Nc1cccc(-c2nc(-c3cc4ccccc4o3)no2)n1. The minimum atomic E-state index is 0.303. The van der Waals surface area contributed by atoms with Crippen molar-refractivity contribution in [2.75, 3.05) is 5.73 Å². The van der Waals surface area contributed by atoms with Crippen LogP contribution in [0.25, 0.3) is 34.1 Å². The van der Waals surface area contributed by atoms with Crippen molar-refractivity contribution in [1.29, 1.82) is 0 Å². The molecule has 3 heterocycles. The lowest BCUT2D eigenvalue weighted by Gasteiger charge is -1.93. The van der Waals surface area contributed by atoms with Gasteiger partial charge < -0.3 is 14.7 Å². The van der Waals surface area contributed by atoms with E-state index in [1.54, 1.807) is 18.2 Å². The Bertz CT molecular complexity index is 893. The Labute approximate surface area is 119 Å². The van der Waals surface area contributed by atoms with Crippen LogP contribution < -0.4 is 5.73 Å². The molecule has 4 aromatic rings. The quantitative estimate of drug-likeness (QED) is 0.605. The lowest BCUT2D eigenvalue weighted by molar-refractivity contribution is 0.429. The van der Waals surface area contributed by atoms with Gasteiger partial charge in [-0.25, -0.2) is 4.98 Å². The predicted octanol–water partition coefficient (Wildman–Crippen LogP) is 3.13. The highest BCUT2D eigenvalue weighted by Gasteiger charge is 2.15. The highest BCUT2D eigenvalue weighted by molar-refractivity contribution is 5.81. The number of benzene rings is 1. The van der Waals surface area contributed by atoms with Crippen LogP contribution in [0.15, 0.2) is 57.5 Å². The third-order valence-electron chi connectivity index (χ3n) is 3.06. The average molecular weight is 278 g/mol. The van der Waals surface area contributed by atoms with Crippen molar-refractivity contribution in [3.63, 3.8) is 0 Å². The second-order valence-electron chi connectivity index (χ2n) is 4.52. The molecular weight excluding hydrogens is 268 g/mol. The minimum absolute atomic E-state index is 0.303. The van der Waals surface area contributed by atoms with Crippen LogP contribution >= 0.6 is 0 Å². The molecule has 2 N–H and O–H groups in total. The van der Waals surface area contributed by atoms with E-state index in [2.05, 4.69) is 15.1 Å². The number of nitrogens with zero attached hydrogens (tertiary/aromatic N) is 3. The monoisotopic (exact) mass is 278 g/mol. The van der Waals surface area contributed by atoms with Gasteiger partial charge in [-0.3, -0.25) is 0 Å². The normalized spacial score (nSPS) is 11.0. The lowest BCUT2D eigenvalue weighted by Crippen LogP contribution is -1.91. The van der Waals surface area contributed by atoms with Gasteiger partial charge in [-0.1, -0.05) is 29.4 Å². The molecule has 0 spiro atoms. The minimum Gasteiger partial charge on any atom is -0.453 e. The molecule has 6 nitrogen and oxygen atoms in total. The molecule has 0 unspecified atom stereocenters. The Morgan fingerprint density at radius 1 is 0.952 bits per heavy atom. The Morgan fingerprint density at radius 2 is 1.86 bits per heavy atom. The zero-order valence-corrected chi connectivity index (χ0v) is 10.9. The van der Waals surface area contributed by atoms with Gasteiger partial charge in [0, 0.05) is 5.39 Å². The maximum Gasteiger partial charge on any atom is 0.277 e. The number of furan rings is 1. The summed E-state index contributed by atoms with van der Waals surface area (Å²) in [6, 6.07) is 14.8. The fraction of sp³-hybridized carbons (Fsp3) is 0. The number of pyridine rings is 1. The fourth-order valence-electron chi connectivity index (χ4n) is 2.09. The van der Waals surface area contributed by atoms with Crippen molar-refractivity contribution in [2.24, 2.45) is 0 Å². The summed E-state index contributed by atoms with van der Waals surface area (Å²) in [5, 5.41) is 4.91. The van der Waals surface area contributed by atoms with E-state index in [4.69, 9.17) is 14.7 Å². The summed E-state index contributed by atoms with van der Waals surface area (Å²) in [6.45, 7) is 0. The van der Waals surface area contributed by atoms with Crippen LogP contribution in [0, 0.1) is 0 Å². The van der Waals surface area contributed by atoms with E-state index >= 15 is 0 Å². The number of anilines is 1. The topological polar surface area (TPSA) is 91.0 Å². The van der Waals surface area contributed by atoms with Gasteiger partial charge in [0.15, 0.2) is 5.76 Å². The number of fused-ring (bicyclic) bond motifs is 1. The molecule has 6 heteroatoms. The molecule has 3 aromatic heterocycles. The van der Waals surface area contributed by atoms with Crippen LogP contribution in [-0.2, 0) is 0 Å². The zero-order valence-electron chi connectivity index (χ0n) is 10.9. The Morgan fingerprint density at radius 3 is 2.71 bits per heavy atom. The molecule has 0 aliphatic heterocycles.